The van der Waals surface area contributed by atoms with Gasteiger partial charge in [-0.3, -0.25) is 0 Å². The Labute approximate surface area is 235 Å². The fraction of sp³-hybridized carbons (Fsp3) is 0.158. The molecule has 2 heteroatoms. The highest BCUT2D eigenvalue weighted by molar-refractivity contribution is 5.95. The van der Waals surface area contributed by atoms with Crippen LogP contribution >= 0.6 is 0 Å². The first-order valence-corrected chi connectivity index (χ1v) is 13.7. The molecular weight excluding hydrogens is 488 g/mol. The van der Waals surface area contributed by atoms with Gasteiger partial charge in [0.25, 0.3) is 0 Å². The zero-order chi connectivity index (χ0) is 27.5. The maximum absolute atomic E-state index is 7.07. The van der Waals surface area contributed by atoms with Crippen LogP contribution in [-0.2, 0) is 11.0 Å². The van der Waals surface area contributed by atoms with Crippen LogP contribution in [0.4, 0.5) is 0 Å². The predicted octanol–water partition coefficient (Wildman–Crippen LogP) is 8.90. The molecule has 0 N–H and O–H groups in total. The zero-order valence-electron chi connectivity index (χ0n) is 23.0. The first kappa shape index (κ1) is 24.3. The molecule has 0 bridgehead atoms. The molecule has 1 atom stereocenters. The van der Waals surface area contributed by atoms with E-state index in [-0.39, 0.29) is 12.0 Å². The van der Waals surface area contributed by atoms with Gasteiger partial charge in [0.2, 0.25) is 0 Å². The molecule has 1 unspecified atom stereocenters. The van der Waals surface area contributed by atoms with Crippen LogP contribution in [0.1, 0.15) is 48.6 Å². The molecule has 0 saturated carbocycles. The molecule has 0 aromatic heterocycles. The highest BCUT2D eigenvalue weighted by Gasteiger charge is 2.46. The summed E-state index contributed by atoms with van der Waals surface area (Å²) in [5, 5.41) is 2.47. The van der Waals surface area contributed by atoms with Crippen molar-refractivity contribution in [1.29, 1.82) is 0 Å². The van der Waals surface area contributed by atoms with E-state index in [0.717, 1.165) is 17.1 Å². The summed E-state index contributed by atoms with van der Waals surface area (Å²) in [6.45, 7) is 6.99. The van der Waals surface area contributed by atoms with Gasteiger partial charge in [0.15, 0.2) is 5.60 Å². The summed E-state index contributed by atoms with van der Waals surface area (Å²) in [6, 6.07) is 36.7. The fourth-order valence-electron chi connectivity index (χ4n) is 6.38. The number of hydrogen-bond donors (Lipinski definition) is 0. The van der Waals surface area contributed by atoms with E-state index in [0.29, 0.717) is 0 Å². The van der Waals surface area contributed by atoms with Crippen molar-refractivity contribution < 1.29 is 9.47 Å². The first-order chi connectivity index (χ1) is 19.4. The molecule has 1 heterocycles. The van der Waals surface area contributed by atoms with Gasteiger partial charge in [-0.1, -0.05) is 86.5 Å². The van der Waals surface area contributed by atoms with E-state index in [9.17, 15) is 0 Å². The van der Waals surface area contributed by atoms with Crippen LogP contribution < -0.4 is 9.47 Å². The minimum atomic E-state index is -0.654. The Morgan fingerprint density at radius 2 is 1.45 bits per heavy atom. The first-order valence-electron chi connectivity index (χ1n) is 13.7. The van der Waals surface area contributed by atoms with Crippen LogP contribution in [0.25, 0.3) is 27.5 Å². The highest BCUT2D eigenvalue weighted by atomic mass is 16.5. The van der Waals surface area contributed by atoms with E-state index in [2.05, 4.69) is 124 Å². The van der Waals surface area contributed by atoms with Gasteiger partial charge in [0.05, 0.1) is 0 Å². The summed E-state index contributed by atoms with van der Waals surface area (Å²) in [7, 11) is 0. The summed E-state index contributed by atoms with van der Waals surface area (Å²) < 4.78 is 12.6. The van der Waals surface area contributed by atoms with E-state index in [1.807, 2.05) is 12.1 Å². The lowest BCUT2D eigenvalue weighted by Crippen LogP contribution is -2.33. The molecule has 1 spiro atoms. The quantitative estimate of drug-likeness (QED) is 0.221. The molecule has 5 aromatic rings. The molecule has 0 amide bonds. The van der Waals surface area contributed by atoms with Crippen molar-refractivity contribution in [2.24, 2.45) is 0 Å². The van der Waals surface area contributed by atoms with Crippen molar-refractivity contribution in [2.45, 2.75) is 31.8 Å². The van der Waals surface area contributed by atoms with E-state index in [1.54, 1.807) is 0 Å². The minimum absolute atomic E-state index is 0.208. The average Bonchev–Trinajstić information content (AvgIpc) is 3.23. The number of allylic oxidation sites excluding steroid dienone is 1. The fourth-order valence-corrected chi connectivity index (χ4v) is 6.38. The number of fused-ring (bicyclic) bond motifs is 7. The molecule has 2 aliphatic rings. The lowest BCUT2D eigenvalue weighted by atomic mass is 9.76. The molecule has 0 saturated heterocycles. The maximum Gasteiger partial charge on any atom is 0.179 e. The largest absolute Gasteiger partial charge is 0.481 e. The average molecular weight is 519 g/mol. The SMILES string of the molecule is C#CCOc1ccc(C(C)(C)c2ccc3c(c2)C(C)=CC2(O3)c3ccccc3-c3cc4ccccc4cc32)cc1. The topological polar surface area (TPSA) is 18.5 Å². The van der Waals surface area contributed by atoms with Crippen LogP contribution in [0.2, 0.25) is 0 Å². The van der Waals surface area contributed by atoms with Gasteiger partial charge in [0, 0.05) is 22.1 Å². The Balaban J connectivity index is 1.32. The standard InChI is InChI=1S/C38H30O2/c1-5-20-39-30-17-14-28(15-18-30)37(3,4)29-16-19-36-32(23-29)25(2)24-38(40-36)34-13-9-8-12-31(34)33-21-26-10-6-7-11-27(26)22-35(33)38/h1,6-19,21-24H,20H2,2-4H3. The van der Waals surface area contributed by atoms with E-state index >= 15 is 0 Å². The molecule has 1 aliphatic carbocycles. The van der Waals surface area contributed by atoms with Crippen molar-refractivity contribution in [1.82, 2.24) is 0 Å². The van der Waals surface area contributed by atoms with Crippen LogP contribution in [0.5, 0.6) is 11.5 Å². The Bertz CT molecular complexity index is 1870. The van der Waals surface area contributed by atoms with Gasteiger partial charge < -0.3 is 9.47 Å². The predicted molar refractivity (Wildman–Crippen MR) is 164 cm³/mol. The van der Waals surface area contributed by atoms with Crippen molar-refractivity contribution in [3.63, 3.8) is 0 Å². The van der Waals surface area contributed by atoms with Crippen LogP contribution in [0.15, 0.2) is 109 Å². The van der Waals surface area contributed by atoms with Crippen LogP contribution in [0.3, 0.4) is 0 Å². The van der Waals surface area contributed by atoms with Gasteiger partial charge in [-0.15, -0.1) is 6.42 Å². The minimum Gasteiger partial charge on any atom is -0.481 e. The van der Waals surface area contributed by atoms with E-state index in [1.165, 1.54) is 49.7 Å². The second-order valence-electron chi connectivity index (χ2n) is 11.3. The highest BCUT2D eigenvalue weighted by Crippen LogP contribution is 2.55. The van der Waals surface area contributed by atoms with Crippen molar-refractivity contribution >= 4 is 16.3 Å². The summed E-state index contributed by atoms with van der Waals surface area (Å²) >= 11 is 0. The molecule has 1 aliphatic heterocycles. The lowest BCUT2D eigenvalue weighted by Gasteiger charge is -2.36. The zero-order valence-corrected chi connectivity index (χ0v) is 23.0. The Morgan fingerprint density at radius 3 is 2.23 bits per heavy atom. The number of ether oxygens (including phenoxy) is 2. The smallest absolute Gasteiger partial charge is 0.179 e. The maximum atomic E-state index is 7.07. The van der Waals surface area contributed by atoms with Crippen molar-refractivity contribution in [3.8, 4) is 35.0 Å². The molecule has 5 aromatic carbocycles. The van der Waals surface area contributed by atoms with Gasteiger partial charge in [0.1, 0.15) is 18.1 Å². The summed E-state index contributed by atoms with van der Waals surface area (Å²) in [5.41, 5.74) is 8.81. The third-order valence-corrected chi connectivity index (χ3v) is 8.62. The molecule has 7 rings (SSSR count). The van der Waals surface area contributed by atoms with Gasteiger partial charge >= 0.3 is 0 Å². The second kappa shape index (κ2) is 8.90. The molecular formula is C38H30O2. The summed E-state index contributed by atoms with van der Waals surface area (Å²) in [5.74, 6) is 4.21. The number of rotatable bonds is 4. The van der Waals surface area contributed by atoms with Gasteiger partial charge in [-0.05, 0) is 88.0 Å². The van der Waals surface area contributed by atoms with Crippen LogP contribution in [-0.4, -0.2) is 6.61 Å². The number of terminal acetylenes is 1. The molecule has 2 nitrogen and oxygen atoms in total. The molecule has 0 radical (unpaired) electrons. The van der Waals surface area contributed by atoms with Gasteiger partial charge in [-0.2, -0.15) is 0 Å². The normalized spacial score (nSPS) is 16.9. The van der Waals surface area contributed by atoms with Crippen LogP contribution in [0, 0.1) is 12.3 Å². The van der Waals surface area contributed by atoms with Crippen molar-refractivity contribution in [3.05, 3.63) is 137 Å². The molecule has 40 heavy (non-hydrogen) atoms. The van der Waals surface area contributed by atoms with E-state index < -0.39 is 5.60 Å². The Hall–Kier alpha value is -4.74. The Morgan fingerprint density at radius 1 is 0.750 bits per heavy atom. The van der Waals surface area contributed by atoms with E-state index in [4.69, 9.17) is 15.9 Å². The Kier molecular flexibility index (Phi) is 5.41. The third kappa shape index (κ3) is 3.59. The monoisotopic (exact) mass is 518 g/mol. The van der Waals surface area contributed by atoms with Crippen molar-refractivity contribution in [2.75, 3.05) is 6.61 Å². The summed E-state index contributed by atoms with van der Waals surface area (Å²) in [4.78, 5) is 0. The second-order valence-corrected chi connectivity index (χ2v) is 11.3. The molecule has 194 valence electrons. The lowest BCUT2D eigenvalue weighted by molar-refractivity contribution is 0.165. The third-order valence-electron chi connectivity index (χ3n) is 8.62. The van der Waals surface area contributed by atoms with Gasteiger partial charge in [-0.25, -0.2) is 0 Å². The number of benzene rings is 5. The summed E-state index contributed by atoms with van der Waals surface area (Å²) in [6.07, 6.45) is 7.66. The molecule has 0 fully saturated rings. The number of hydrogen-bond acceptors (Lipinski definition) is 2.